The molecule has 2 aromatic carbocycles. The van der Waals surface area contributed by atoms with E-state index in [1.807, 2.05) is 35.4 Å². The molecule has 0 bridgehead atoms. The van der Waals surface area contributed by atoms with Crippen molar-refractivity contribution < 1.29 is 14.3 Å². The van der Waals surface area contributed by atoms with E-state index in [1.54, 1.807) is 0 Å². The Morgan fingerprint density at radius 1 is 0.966 bits per heavy atom. The number of aromatic nitrogens is 1. The SMILES string of the molecule is O=C(Cc1c[nH]c2ccccc12)N1CCN(Cc2ccc3c(c2)OCCO3)CC1. The minimum absolute atomic E-state index is 0.203. The van der Waals surface area contributed by atoms with Crippen molar-refractivity contribution in [3.05, 3.63) is 59.8 Å². The van der Waals surface area contributed by atoms with Gasteiger partial charge in [-0.3, -0.25) is 9.69 Å². The van der Waals surface area contributed by atoms with Gasteiger partial charge < -0.3 is 19.4 Å². The zero-order chi connectivity index (χ0) is 19.6. The van der Waals surface area contributed by atoms with Crippen molar-refractivity contribution >= 4 is 16.8 Å². The van der Waals surface area contributed by atoms with Crippen molar-refractivity contribution in [2.45, 2.75) is 13.0 Å². The molecule has 3 heterocycles. The second kappa shape index (κ2) is 7.79. The van der Waals surface area contributed by atoms with Crippen LogP contribution >= 0.6 is 0 Å². The van der Waals surface area contributed by atoms with Crippen LogP contribution in [0.3, 0.4) is 0 Å². The zero-order valence-electron chi connectivity index (χ0n) is 16.4. The molecule has 1 fully saturated rings. The minimum atomic E-state index is 0.203. The lowest BCUT2D eigenvalue weighted by Gasteiger charge is -2.35. The number of fused-ring (bicyclic) bond motifs is 2. The number of para-hydroxylation sites is 1. The maximum Gasteiger partial charge on any atom is 0.227 e. The third-order valence-electron chi connectivity index (χ3n) is 5.75. The van der Waals surface area contributed by atoms with Gasteiger partial charge in [0.1, 0.15) is 13.2 Å². The average molecular weight is 391 g/mol. The topological polar surface area (TPSA) is 57.8 Å². The summed E-state index contributed by atoms with van der Waals surface area (Å²) in [5.41, 5.74) is 3.37. The number of rotatable bonds is 4. The van der Waals surface area contributed by atoms with Gasteiger partial charge >= 0.3 is 0 Å². The highest BCUT2D eigenvalue weighted by Gasteiger charge is 2.22. The van der Waals surface area contributed by atoms with Crippen LogP contribution in [0.1, 0.15) is 11.1 Å². The van der Waals surface area contributed by atoms with E-state index in [4.69, 9.17) is 9.47 Å². The van der Waals surface area contributed by atoms with Gasteiger partial charge in [-0.25, -0.2) is 0 Å². The molecular formula is C23H25N3O3. The number of carbonyl (C=O) groups excluding carboxylic acids is 1. The summed E-state index contributed by atoms with van der Waals surface area (Å²) in [6, 6.07) is 14.3. The first-order chi connectivity index (χ1) is 14.3. The van der Waals surface area contributed by atoms with Crippen molar-refractivity contribution in [2.75, 3.05) is 39.4 Å². The predicted molar refractivity (Wildman–Crippen MR) is 111 cm³/mol. The van der Waals surface area contributed by atoms with Gasteiger partial charge in [0, 0.05) is 49.8 Å². The van der Waals surface area contributed by atoms with E-state index in [1.165, 1.54) is 5.56 Å². The Bertz CT molecular complexity index is 1020. The maximum absolute atomic E-state index is 12.8. The molecule has 1 saturated heterocycles. The smallest absolute Gasteiger partial charge is 0.227 e. The number of ether oxygens (including phenoxy) is 2. The van der Waals surface area contributed by atoms with Crippen LogP contribution in [-0.4, -0.2) is 60.1 Å². The highest BCUT2D eigenvalue weighted by molar-refractivity contribution is 5.88. The highest BCUT2D eigenvalue weighted by atomic mass is 16.6. The summed E-state index contributed by atoms with van der Waals surface area (Å²) in [4.78, 5) is 20.4. The van der Waals surface area contributed by atoms with Crippen LogP contribution in [-0.2, 0) is 17.8 Å². The molecule has 29 heavy (non-hydrogen) atoms. The monoisotopic (exact) mass is 391 g/mol. The predicted octanol–water partition coefficient (Wildman–Crippen LogP) is 2.83. The fraction of sp³-hybridized carbons (Fsp3) is 0.348. The number of piperazine rings is 1. The van der Waals surface area contributed by atoms with Crippen LogP contribution in [0.5, 0.6) is 11.5 Å². The number of aromatic amines is 1. The van der Waals surface area contributed by atoms with E-state index < -0.39 is 0 Å². The lowest BCUT2D eigenvalue weighted by molar-refractivity contribution is -0.132. The molecule has 2 aliphatic rings. The molecule has 0 atom stereocenters. The second-order valence-electron chi connectivity index (χ2n) is 7.67. The largest absolute Gasteiger partial charge is 0.486 e. The Labute approximate surface area is 170 Å². The third kappa shape index (κ3) is 3.80. The normalized spacial score (nSPS) is 16.9. The number of nitrogens with one attached hydrogen (secondary N) is 1. The Morgan fingerprint density at radius 2 is 1.76 bits per heavy atom. The van der Waals surface area contributed by atoms with Crippen molar-refractivity contribution in [3.63, 3.8) is 0 Å². The van der Waals surface area contributed by atoms with Crippen molar-refractivity contribution in [2.24, 2.45) is 0 Å². The molecule has 0 radical (unpaired) electrons. The Balaban J connectivity index is 1.17. The van der Waals surface area contributed by atoms with Gasteiger partial charge in [-0.15, -0.1) is 0 Å². The minimum Gasteiger partial charge on any atom is -0.486 e. The number of nitrogens with zero attached hydrogens (tertiary/aromatic N) is 2. The fourth-order valence-corrected chi connectivity index (χ4v) is 4.15. The van der Waals surface area contributed by atoms with Gasteiger partial charge in [-0.05, 0) is 29.3 Å². The molecule has 1 aromatic heterocycles. The number of hydrogen-bond donors (Lipinski definition) is 1. The molecule has 0 aliphatic carbocycles. The first-order valence-corrected chi connectivity index (χ1v) is 10.2. The molecule has 6 heteroatoms. The van der Waals surface area contributed by atoms with E-state index in [0.29, 0.717) is 19.6 Å². The van der Waals surface area contributed by atoms with Gasteiger partial charge in [0.25, 0.3) is 0 Å². The van der Waals surface area contributed by atoms with E-state index >= 15 is 0 Å². The van der Waals surface area contributed by atoms with Gasteiger partial charge in [0.15, 0.2) is 11.5 Å². The molecule has 2 aliphatic heterocycles. The Morgan fingerprint density at radius 3 is 2.62 bits per heavy atom. The molecule has 150 valence electrons. The number of benzene rings is 2. The summed E-state index contributed by atoms with van der Waals surface area (Å²) in [5, 5.41) is 1.14. The van der Waals surface area contributed by atoms with Crippen LogP contribution in [0.4, 0.5) is 0 Å². The highest BCUT2D eigenvalue weighted by Crippen LogP contribution is 2.31. The molecule has 0 saturated carbocycles. The lowest BCUT2D eigenvalue weighted by atomic mass is 10.1. The quantitative estimate of drug-likeness (QED) is 0.743. The van der Waals surface area contributed by atoms with Crippen LogP contribution in [0.15, 0.2) is 48.7 Å². The van der Waals surface area contributed by atoms with Gasteiger partial charge in [-0.1, -0.05) is 24.3 Å². The first-order valence-electron chi connectivity index (χ1n) is 10.2. The summed E-state index contributed by atoms with van der Waals surface area (Å²) in [5.74, 6) is 1.86. The van der Waals surface area contributed by atoms with Gasteiger partial charge in [-0.2, -0.15) is 0 Å². The van der Waals surface area contributed by atoms with E-state index in [2.05, 4.69) is 28.1 Å². The number of H-pyrrole nitrogens is 1. The molecule has 1 amide bonds. The van der Waals surface area contributed by atoms with Crippen molar-refractivity contribution in [1.29, 1.82) is 0 Å². The molecule has 3 aromatic rings. The van der Waals surface area contributed by atoms with Crippen LogP contribution in [0.2, 0.25) is 0 Å². The standard InChI is InChI=1S/C23H25N3O3/c27-23(14-18-15-24-20-4-2-1-3-19(18)20)26-9-7-25(8-10-26)16-17-5-6-21-22(13-17)29-12-11-28-21/h1-6,13,15,24H,7-12,14,16H2. The Kier molecular flexibility index (Phi) is 4.86. The average Bonchev–Trinajstić information content (AvgIpc) is 3.17. The summed E-state index contributed by atoms with van der Waals surface area (Å²) in [7, 11) is 0. The number of hydrogen-bond acceptors (Lipinski definition) is 4. The number of amides is 1. The maximum atomic E-state index is 12.8. The van der Waals surface area contributed by atoms with Crippen LogP contribution in [0, 0.1) is 0 Å². The summed E-state index contributed by atoms with van der Waals surface area (Å²) < 4.78 is 11.3. The summed E-state index contributed by atoms with van der Waals surface area (Å²) in [6.45, 7) is 5.38. The molecular weight excluding hydrogens is 366 g/mol. The summed E-state index contributed by atoms with van der Waals surface area (Å²) >= 11 is 0. The number of carbonyl (C=O) groups is 1. The Hall–Kier alpha value is -2.99. The van der Waals surface area contributed by atoms with E-state index in [9.17, 15) is 4.79 Å². The molecule has 6 nitrogen and oxygen atoms in total. The van der Waals surface area contributed by atoms with Crippen molar-refractivity contribution in [3.8, 4) is 11.5 Å². The molecule has 0 spiro atoms. The molecule has 0 unspecified atom stereocenters. The van der Waals surface area contributed by atoms with E-state index in [-0.39, 0.29) is 5.91 Å². The lowest BCUT2D eigenvalue weighted by Crippen LogP contribution is -2.48. The molecule has 1 N–H and O–H groups in total. The van der Waals surface area contributed by atoms with Crippen molar-refractivity contribution in [1.82, 2.24) is 14.8 Å². The van der Waals surface area contributed by atoms with Crippen LogP contribution in [0.25, 0.3) is 10.9 Å². The van der Waals surface area contributed by atoms with E-state index in [0.717, 1.165) is 60.7 Å². The third-order valence-corrected chi connectivity index (χ3v) is 5.75. The summed E-state index contributed by atoms with van der Waals surface area (Å²) in [6.07, 6.45) is 2.41. The van der Waals surface area contributed by atoms with Crippen LogP contribution < -0.4 is 9.47 Å². The zero-order valence-corrected chi connectivity index (χ0v) is 16.4. The second-order valence-corrected chi connectivity index (χ2v) is 7.67. The molecule has 5 rings (SSSR count). The fourth-order valence-electron chi connectivity index (χ4n) is 4.15. The van der Waals surface area contributed by atoms with Gasteiger partial charge in [0.2, 0.25) is 5.91 Å². The first kappa shape index (κ1) is 18.1. The van der Waals surface area contributed by atoms with Gasteiger partial charge in [0.05, 0.1) is 6.42 Å².